The van der Waals surface area contributed by atoms with E-state index >= 15 is 0 Å². The first-order valence-corrected chi connectivity index (χ1v) is 8.97. The van der Waals surface area contributed by atoms with Crippen molar-refractivity contribution >= 4 is 29.4 Å². The van der Waals surface area contributed by atoms with Gasteiger partial charge in [0.25, 0.3) is 0 Å². The van der Waals surface area contributed by atoms with Crippen LogP contribution in [-0.4, -0.2) is 59.3 Å². The SMILES string of the molecule is COC(OC)[SiH2]c1ccccc1[SiH2]C(OC)OC. The zero-order valence-corrected chi connectivity index (χ0v) is 14.3. The van der Waals surface area contributed by atoms with Crippen molar-refractivity contribution in [3.05, 3.63) is 24.3 Å². The summed E-state index contributed by atoms with van der Waals surface area (Å²) >= 11 is 0. The molecule has 0 amide bonds. The second-order valence-electron chi connectivity index (χ2n) is 3.98. The number of benzene rings is 1. The molecule has 0 fully saturated rings. The summed E-state index contributed by atoms with van der Waals surface area (Å²) in [7, 11) is 5.54. The summed E-state index contributed by atoms with van der Waals surface area (Å²) in [5.41, 5.74) is 0. The summed E-state index contributed by atoms with van der Waals surface area (Å²) in [6, 6.07) is 8.47. The summed E-state index contributed by atoms with van der Waals surface area (Å²) in [5, 5.41) is 2.77. The maximum Gasteiger partial charge on any atom is 0.139 e. The Balaban J connectivity index is 2.78. The van der Waals surface area contributed by atoms with E-state index in [1.54, 1.807) is 28.4 Å². The van der Waals surface area contributed by atoms with E-state index in [4.69, 9.17) is 18.9 Å². The van der Waals surface area contributed by atoms with Crippen LogP contribution in [0.5, 0.6) is 0 Å². The van der Waals surface area contributed by atoms with Gasteiger partial charge in [0.15, 0.2) is 0 Å². The molecule has 0 spiro atoms. The highest BCUT2D eigenvalue weighted by Gasteiger charge is 2.14. The molecule has 0 aliphatic heterocycles. The summed E-state index contributed by atoms with van der Waals surface area (Å²) in [6.45, 7) is 0. The van der Waals surface area contributed by atoms with Gasteiger partial charge in [-0.3, -0.25) is 0 Å². The van der Waals surface area contributed by atoms with E-state index in [-0.39, 0.29) is 11.8 Å². The Bertz CT molecular complexity index is 308. The van der Waals surface area contributed by atoms with Crippen LogP contribution in [0.1, 0.15) is 0 Å². The summed E-state index contributed by atoms with van der Waals surface area (Å²) in [4.78, 5) is 0. The summed E-state index contributed by atoms with van der Waals surface area (Å²) in [5.74, 6) is -0.132. The number of methoxy groups -OCH3 is 4. The van der Waals surface area contributed by atoms with Crippen molar-refractivity contribution in [3.8, 4) is 0 Å². The van der Waals surface area contributed by atoms with Crippen LogP contribution >= 0.6 is 0 Å². The molecular formula is C12H22O4Si2. The lowest BCUT2D eigenvalue weighted by Gasteiger charge is -2.18. The minimum Gasteiger partial charge on any atom is -0.360 e. The largest absolute Gasteiger partial charge is 0.360 e. The fourth-order valence-electron chi connectivity index (χ4n) is 1.84. The number of hydrogen-bond acceptors (Lipinski definition) is 4. The van der Waals surface area contributed by atoms with Crippen molar-refractivity contribution < 1.29 is 18.9 Å². The van der Waals surface area contributed by atoms with E-state index in [2.05, 4.69) is 24.3 Å². The first kappa shape index (κ1) is 15.6. The minimum atomic E-state index is -0.605. The van der Waals surface area contributed by atoms with Gasteiger partial charge in [0, 0.05) is 28.4 Å². The average Bonchev–Trinajstić information content (AvgIpc) is 2.43. The molecule has 0 aliphatic rings. The monoisotopic (exact) mass is 286 g/mol. The third-order valence-corrected chi connectivity index (χ3v) is 7.70. The number of ether oxygens (including phenoxy) is 4. The van der Waals surface area contributed by atoms with Crippen molar-refractivity contribution in [1.29, 1.82) is 0 Å². The van der Waals surface area contributed by atoms with E-state index in [9.17, 15) is 0 Å². The van der Waals surface area contributed by atoms with Crippen molar-refractivity contribution in [2.45, 2.75) is 11.8 Å². The fourth-order valence-corrected chi connectivity index (χ4v) is 5.40. The maximum absolute atomic E-state index is 5.31. The zero-order chi connectivity index (χ0) is 13.4. The Morgan fingerprint density at radius 3 is 1.33 bits per heavy atom. The predicted octanol–water partition coefficient (Wildman–Crippen LogP) is -1.57. The summed E-state index contributed by atoms with van der Waals surface area (Å²) < 4.78 is 21.2. The molecule has 102 valence electrons. The number of hydrogen-bond donors (Lipinski definition) is 0. The van der Waals surface area contributed by atoms with Gasteiger partial charge in [-0.2, -0.15) is 0 Å². The van der Waals surface area contributed by atoms with Gasteiger partial charge in [0.1, 0.15) is 30.9 Å². The van der Waals surface area contributed by atoms with E-state index in [0.29, 0.717) is 0 Å². The van der Waals surface area contributed by atoms with Crippen molar-refractivity contribution in [2.75, 3.05) is 28.4 Å². The third-order valence-electron chi connectivity index (χ3n) is 2.94. The molecule has 1 aromatic rings. The predicted molar refractivity (Wildman–Crippen MR) is 78.4 cm³/mol. The van der Waals surface area contributed by atoms with Crippen LogP contribution in [0.3, 0.4) is 0 Å². The van der Waals surface area contributed by atoms with Gasteiger partial charge in [-0.1, -0.05) is 34.6 Å². The Morgan fingerprint density at radius 1 is 0.722 bits per heavy atom. The van der Waals surface area contributed by atoms with Gasteiger partial charge in [0.05, 0.1) is 0 Å². The normalized spacial score (nSPS) is 12.8. The quantitative estimate of drug-likeness (QED) is 0.427. The van der Waals surface area contributed by atoms with Crippen LogP contribution in [0.25, 0.3) is 0 Å². The van der Waals surface area contributed by atoms with E-state index in [1.165, 1.54) is 10.4 Å². The van der Waals surface area contributed by atoms with Crippen LogP contribution < -0.4 is 10.4 Å². The van der Waals surface area contributed by atoms with Gasteiger partial charge in [0.2, 0.25) is 0 Å². The minimum absolute atomic E-state index is 0.0660. The second-order valence-corrected chi connectivity index (χ2v) is 7.65. The molecule has 4 nitrogen and oxygen atoms in total. The highest BCUT2D eigenvalue weighted by atomic mass is 28.2. The molecule has 1 aromatic carbocycles. The molecule has 0 radical (unpaired) electrons. The topological polar surface area (TPSA) is 36.9 Å². The van der Waals surface area contributed by atoms with E-state index < -0.39 is 19.0 Å². The molecule has 0 N–H and O–H groups in total. The molecule has 0 unspecified atom stereocenters. The van der Waals surface area contributed by atoms with Crippen LogP contribution in [0.4, 0.5) is 0 Å². The standard InChI is InChI=1S/C12H22O4Si2/c1-13-11(14-2)17-9-7-5-6-8-10(9)18-12(15-3)16-4/h5-8,11-12H,17-18H2,1-4H3. The van der Waals surface area contributed by atoms with Crippen LogP contribution in [0.15, 0.2) is 24.3 Å². The smallest absolute Gasteiger partial charge is 0.139 e. The van der Waals surface area contributed by atoms with Gasteiger partial charge in [-0.25, -0.2) is 0 Å². The molecule has 6 heteroatoms. The number of rotatable bonds is 8. The lowest BCUT2D eigenvalue weighted by atomic mass is 10.4. The Morgan fingerprint density at radius 2 is 1.06 bits per heavy atom. The Kier molecular flexibility index (Phi) is 7.40. The molecule has 18 heavy (non-hydrogen) atoms. The highest BCUT2D eigenvalue weighted by Crippen LogP contribution is 1.92. The van der Waals surface area contributed by atoms with Crippen LogP contribution in [0.2, 0.25) is 0 Å². The van der Waals surface area contributed by atoms with E-state index in [1.807, 2.05) is 0 Å². The van der Waals surface area contributed by atoms with Crippen molar-refractivity contribution in [3.63, 3.8) is 0 Å². The van der Waals surface area contributed by atoms with Gasteiger partial charge in [-0.15, -0.1) is 0 Å². The van der Waals surface area contributed by atoms with Crippen LogP contribution in [0, 0.1) is 0 Å². The molecule has 1 rings (SSSR count). The lowest BCUT2D eigenvalue weighted by Crippen LogP contribution is -2.45. The molecular weight excluding hydrogens is 264 g/mol. The molecule has 0 saturated heterocycles. The first-order valence-electron chi connectivity index (χ1n) is 5.93. The van der Waals surface area contributed by atoms with Crippen molar-refractivity contribution in [2.24, 2.45) is 0 Å². The Labute approximate surface area is 113 Å². The van der Waals surface area contributed by atoms with Crippen LogP contribution in [-0.2, 0) is 18.9 Å². The molecule has 0 aliphatic carbocycles. The van der Waals surface area contributed by atoms with Gasteiger partial charge < -0.3 is 18.9 Å². The molecule has 0 saturated carbocycles. The zero-order valence-electron chi connectivity index (χ0n) is 11.5. The second kappa shape index (κ2) is 8.57. The lowest BCUT2D eigenvalue weighted by molar-refractivity contribution is -0.0434. The molecule has 0 bridgehead atoms. The summed E-state index contributed by atoms with van der Waals surface area (Å²) in [6.07, 6.45) is 0. The maximum atomic E-state index is 5.31. The third kappa shape index (κ3) is 4.64. The van der Waals surface area contributed by atoms with E-state index in [0.717, 1.165) is 0 Å². The Hall–Kier alpha value is -0.506. The fraction of sp³-hybridized carbons (Fsp3) is 0.500. The molecule has 0 atom stereocenters. The van der Waals surface area contributed by atoms with Crippen molar-refractivity contribution in [1.82, 2.24) is 0 Å². The first-order chi connectivity index (χ1) is 8.74. The molecule has 0 heterocycles. The average molecular weight is 286 g/mol. The van der Waals surface area contributed by atoms with Gasteiger partial charge >= 0.3 is 0 Å². The van der Waals surface area contributed by atoms with Gasteiger partial charge in [-0.05, 0) is 0 Å². The molecule has 0 aromatic heterocycles. The highest BCUT2D eigenvalue weighted by molar-refractivity contribution is 6.67.